The molecule has 0 bridgehead atoms. The number of fused-ring (bicyclic) bond motifs is 1. The van der Waals surface area contributed by atoms with Crippen molar-refractivity contribution in [2.75, 3.05) is 5.32 Å². The molecule has 3 rings (SSSR count). The standard InChI is InChI=1S/C16H18N4O/c1-4-12-5-7-13(8-6-12)15-14(11(3)21)10(2)19-16-17-9-18-20(15)16/h5-9,15H,4H2,1-3H3,(H,17,18,19)/t15-/m1/s1. The maximum atomic E-state index is 12.1. The first-order valence-electron chi connectivity index (χ1n) is 7.09. The largest absolute Gasteiger partial charge is 0.328 e. The van der Waals surface area contributed by atoms with Crippen LogP contribution < -0.4 is 5.32 Å². The van der Waals surface area contributed by atoms with Crippen molar-refractivity contribution in [2.45, 2.75) is 33.2 Å². The summed E-state index contributed by atoms with van der Waals surface area (Å²) in [4.78, 5) is 16.3. The van der Waals surface area contributed by atoms with Gasteiger partial charge in [-0.05, 0) is 31.4 Å². The molecule has 108 valence electrons. The van der Waals surface area contributed by atoms with Gasteiger partial charge in [-0.25, -0.2) is 4.68 Å². The molecule has 1 aromatic carbocycles. The molecule has 0 spiro atoms. The number of allylic oxidation sites excluding steroid dienone is 2. The molecule has 2 heterocycles. The molecule has 0 saturated heterocycles. The molecule has 0 radical (unpaired) electrons. The van der Waals surface area contributed by atoms with Crippen molar-refractivity contribution in [3.8, 4) is 0 Å². The van der Waals surface area contributed by atoms with Gasteiger partial charge in [-0.15, -0.1) is 0 Å². The third-order valence-corrected chi connectivity index (χ3v) is 3.88. The Morgan fingerprint density at radius 1 is 1.33 bits per heavy atom. The normalized spacial score (nSPS) is 17.4. The molecule has 1 aliphatic rings. The first kappa shape index (κ1) is 13.5. The average molecular weight is 282 g/mol. The molecule has 0 amide bonds. The van der Waals surface area contributed by atoms with E-state index in [9.17, 15) is 4.79 Å². The average Bonchev–Trinajstić information content (AvgIpc) is 2.93. The zero-order chi connectivity index (χ0) is 15.0. The van der Waals surface area contributed by atoms with E-state index in [2.05, 4.69) is 46.6 Å². The van der Waals surface area contributed by atoms with Gasteiger partial charge in [0.15, 0.2) is 5.78 Å². The van der Waals surface area contributed by atoms with Gasteiger partial charge in [0.25, 0.3) is 0 Å². The molecule has 1 aromatic heterocycles. The number of carbonyl (C=O) groups is 1. The van der Waals surface area contributed by atoms with Crippen LogP contribution >= 0.6 is 0 Å². The second-order valence-corrected chi connectivity index (χ2v) is 5.25. The molecule has 1 N–H and O–H groups in total. The minimum absolute atomic E-state index is 0.0470. The highest BCUT2D eigenvalue weighted by molar-refractivity contribution is 5.96. The van der Waals surface area contributed by atoms with Crippen LogP contribution in [-0.2, 0) is 11.2 Å². The fourth-order valence-electron chi connectivity index (χ4n) is 2.79. The lowest BCUT2D eigenvalue weighted by Crippen LogP contribution is -2.27. The number of benzene rings is 1. The summed E-state index contributed by atoms with van der Waals surface area (Å²) in [5.41, 5.74) is 3.89. The molecule has 5 heteroatoms. The molecule has 5 nitrogen and oxygen atoms in total. The number of aryl methyl sites for hydroxylation is 1. The number of anilines is 1. The van der Waals surface area contributed by atoms with Crippen molar-refractivity contribution in [1.29, 1.82) is 0 Å². The number of nitrogens with one attached hydrogen (secondary N) is 1. The van der Waals surface area contributed by atoms with Crippen LogP contribution in [0.3, 0.4) is 0 Å². The number of nitrogens with zero attached hydrogens (tertiary/aromatic N) is 3. The molecule has 0 aliphatic carbocycles. The van der Waals surface area contributed by atoms with Crippen molar-refractivity contribution in [1.82, 2.24) is 14.8 Å². The van der Waals surface area contributed by atoms with Crippen molar-refractivity contribution >= 4 is 11.7 Å². The topological polar surface area (TPSA) is 59.8 Å². The number of rotatable bonds is 3. The number of Topliss-reactive ketones (excluding diaryl/α,β-unsaturated/α-hetero) is 1. The zero-order valence-corrected chi connectivity index (χ0v) is 12.4. The predicted molar refractivity (Wildman–Crippen MR) is 81.0 cm³/mol. The van der Waals surface area contributed by atoms with Crippen LogP contribution in [-0.4, -0.2) is 20.5 Å². The van der Waals surface area contributed by atoms with Crippen molar-refractivity contribution in [3.05, 3.63) is 53.0 Å². The summed E-state index contributed by atoms with van der Waals surface area (Å²) in [6.07, 6.45) is 2.50. The number of aromatic nitrogens is 3. The van der Waals surface area contributed by atoms with Crippen LogP contribution in [0, 0.1) is 0 Å². The summed E-state index contributed by atoms with van der Waals surface area (Å²) in [6.45, 7) is 5.62. The van der Waals surface area contributed by atoms with Gasteiger partial charge in [0.05, 0.1) is 0 Å². The molecule has 1 atom stereocenters. The second-order valence-electron chi connectivity index (χ2n) is 5.25. The summed E-state index contributed by atoms with van der Waals surface area (Å²) in [7, 11) is 0. The Morgan fingerprint density at radius 2 is 2.05 bits per heavy atom. The maximum Gasteiger partial charge on any atom is 0.226 e. The quantitative estimate of drug-likeness (QED) is 0.940. The zero-order valence-electron chi connectivity index (χ0n) is 12.4. The summed E-state index contributed by atoms with van der Waals surface area (Å²) >= 11 is 0. The van der Waals surface area contributed by atoms with Crippen LogP contribution in [0.5, 0.6) is 0 Å². The molecule has 0 fully saturated rings. The van der Waals surface area contributed by atoms with Crippen LogP contribution in [0.1, 0.15) is 37.9 Å². The summed E-state index contributed by atoms with van der Waals surface area (Å²) in [5, 5.41) is 7.42. The fraction of sp³-hybridized carbons (Fsp3) is 0.312. The summed E-state index contributed by atoms with van der Waals surface area (Å²) in [5.74, 6) is 0.716. The lowest BCUT2D eigenvalue weighted by atomic mass is 9.92. The van der Waals surface area contributed by atoms with Crippen molar-refractivity contribution in [2.24, 2.45) is 0 Å². The number of hydrogen-bond acceptors (Lipinski definition) is 4. The van der Waals surface area contributed by atoms with E-state index in [1.54, 1.807) is 11.6 Å². The molecular weight excluding hydrogens is 264 g/mol. The monoisotopic (exact) mass is 282 g/mol. The van der Waals surface area contributed by atoms with E-state index in [0.29, 0.717) is 5.95 Å². The highest BCUT2D eigenvalue weighted by Crippen LogP contribution is 2.34. The number of ketones is 1. The SMILES string of the molecule is CCc1ccc([C@@H]2C(C(C)=O)=C(C)Nc3ncnn32)cc1. The van der Waals surface area contributed by atoms with Crippen molar-refractivity contribution in [3.63, 3.8) is 0 Å². The van der Waals surface area contributed by atoms with E-state index in [-0.39, 0.29) is 11.8 Å². The van der Waals surface area contributed by atoms with Gasteiger partial charge < -0.3 is 5.32 Å². The van der Waals surface area contributed by atoms with E-state index in [1.165, 1.54) is 11.9 Å². The van der Waals surface area contributed by atoms with Crippen LogP contribution in [0.4, 0.5) is 5.95 Å². The highest BCUT2D eigenvalue weighted by atomic mass is 16.1. The van der Waals surface area contributed by atoms with Gasteiger partial charge in [-0.2, -0.15) is 10.1 Å². The lowest BCUT2D eigenvalue weighted by molar-refractivity contribution is -0.114. The van der Waals surface area contributed by atoms with E-state index >= 15 is 0 Å². The Morgan fingerprint density at radius 3 is 2.67 bits per heavy atom. The first-order chi connectivity index (χ1) is 10.1. The predicted octanol–water partition coefficient (Wildman–Crippen LogP) is 2.72. The lowest BCUT2D eigenvalue weighted by Gasteiger charge is -2.28. The number of hydrogen-bond donors (Lipinski definition) is 1. The molecular formula is C16H18N4O. The van der Waals surface area contributed by atoms with Crippen molar-refractivity contribution < 1.29 is 4.79 Å². The van der Waals surface area contributed by atoms with E-state index in [4.69, 9.17) is 0 Å². The minimum atomic E-state index is -0.216. The van der Waals surface area contributed by atoms with Crippen LogP contribution in [0.15, 0.2) is 41.9 Å². The third kappa shape index (κ3) is 2.24. The van der Waals surface area contributed by atoms with E-state index in [0.717, 1.165) is 23.3 Å². The molecule has 2 aromatic rings. The van der Waals surface area contributed by atoms with Gasteiger partial charge >= 0.3 is 0 Å². The van der Waals surface area contributed by atoms with Crippen LogP contribution in [0.2, 0.25) is 0 Å². The first-order valence-corrected chi connectivity index (χ1v) is 7.09. The van der Waals surface area contributed by atoms with Gasteiger partial charge in [0.2, 0.25) is 5.95 Å². The Hall–Kier alpha value is -2.43. The van der Waals surface area contributed by atoms with Gasteiger partial charge in [-0.3, -0.25) is 4.79 Å². The summed E-state index contributed by atoms with van der Waals surface area (Å²) < 4.78 is 1.77. The van der Waals surface area contributed by atoms with E-state index in [1.807, 2.05) is 6.92 Å². The minimum Gasteiger partial charge on any atom is -0.328 e. The molecule has 21 heavy (non-hydrogen) atoms. The molecule has 0 unspecified atom stereocenters. The Labute approximate surface area is 123 Å². The van der Waals surface area contributed by atoms with Gasteiger partial charge in [-0.1, -0.05) is 31.2 Å². The Bertz CT molecular complexity index is 712. The smallest absolute Gasteiger partial charge is 0.226 e. The van der Waals surface area contributed by atoms with E-state index < -0.39 is 0 Å². The Balaban J connectivity index is 2.14. The molecule has 1 aliphatic heterocycles. The van der Waals surface area contributed by atoms with Crippen LogP contribution in [0.25, 0.3) is 0 Å². The number of carbonyl (C=O) groups excluding carboxylic acids is 1. The second kappa shape index (κ2) is 5.16. The highest BCUT2D eigenvalue weighted by Gasteiger charge is 2.31. The third-order valence-electron chi connectivity index (χ3n) is 3.88. The maximum absolute atomic E-state index is 12.1. The Kier molecular flexibility index (Phi) is 3.33. The summed E-state index contributed by atoms with van der Waals surface area (Å²) in [6, 6.07) is 8.11. The van der Waals surface area contributed by atoms with Gasteiger partial charge in [0, 0.05) is 11.3 Å². The van der Waals surface area contributed by atoms with Gasteiger partial charge in [0.1, 0.15) is 12.4 Å². The molecule has 0 saturated carbocycles. The fourth-order valence-corrected chi connectivity index (χ4v) is 2.79.